The van der Waals surface area contributed by atoms with E-state index in [0.717, 1.165) is 38.2 Å². The maximum atomic E-state index is 12.8. The van der Waals surface area contributed by atoms with E-state index in [-0.39, 0.29) is 5.91 Å². The molecule has 146 valence electrons. The summed E-state index contributed by atoms with van der Waals surface area (Å²) < 4.78 is 2.75. The number of aromatic nitrogens is 3. The van der Waals surface area contributed by atoms with Gasteiger partial charge in [0, 0.05) is 22.8 Å². The van der Waals surface area contributed by atoms with Crippen LogP contribution in [0.2, 0.25) is 0 Å². The van der Waals surface area contributed by atoms with Crippen molar-refractivity contribution >= 4 is 27.5 Å². The van der Waals surface area contributed by atoms with E-state index >= 15 is 0 Å². The van der Waals surface area contributed by atoms with Crippen molar-refractivity contribution in [2.75, 3.05) is 0 Å². The van der Waals surface area contributed by atoms with Crippen LogP contribution in [0, 0.1) is 20.8 Å². The van der Waals surface area contributed by atoms with Gasteiger partial charge in [-0.3, -0.25) is 4.79 Å². The molecule has 0 aliphatic rings. The quantitative estimate of drug-likeness (QED) is 0.476. The number of rotatable bonds is 4. The summed E-state index contributed by atoms with van der Waals surface area (Å²) in [6.45, 7) is 6.38. The summed E-state index contributed by atoms with van der Waals surface area (Å²) in [6.07, 6.45) is 1.64. The zero-order valence-electron chi connectivity index (χ0n) is 16.5. The first-order valence-corrected chi connectivity index (χ1v) is 10.2. The molecule has 5 nitrogen and oxygen atoms in total. The molecular weight excluding hydrogens is 428 g/mol. The predicted octanol–water partition coefficient (Wildman–Crippen LogP) is 5.01. The second-order valence-electron chi connectivity index (χ2n) is 7.14. The number of halogens is 1. The number of nitrogens with one attached hydrogen (secondary N) is 1. The molecule has 0 aliphatic heterocycles. The summed E-state index contributed by atoms with van der Waals surface area (Å²) in [4.78, 5) is 17.4. The van der Waals surface area contributed by atoms with Gasteiger partial charge in [-0.2, -0.15) is 5.10 Å². The van der Waals surface area contributed by atoms with Gasteiger partial charge in [-0.05, 0) is 44.0 Å². The first kappa shape index (κ1) is 19.3. The summed E-state index contributed by atoms with van der Waals surface area (Å²) >= 11 is 3.45. The van der Waals surface area contributed by atoms with Gasteiger partial charge < -0.3 is 5.32 Å². The molecule has 0 unspecified atom stereocenters. The summed E-state index contributed by atoms with van der Waals surface area (Å²) in [5, 5.41) is 7.63. The average molecular weight is 449 g/mol. The van der Waals surface area contributed by atoms with Crippen molar-refractivity contribution < 1.29 is 4.79 Å². The van der Waals surface area contributed by atoms with E-state index in [4.69, 9.17) is 0 Å². The van der Waals surface area contributed by atoms with Crippen LogP contribution in [0.15, 0.2) is 59.2 Å². The zero-order chi connectivity index (χ0) is 20.5. The number of carbonyl (C=O) groups excluding carboxylic acids is 1. The lowest BCUT2D eigenvalue weighted by molar-refractivity contribution is 0.0949. The molecule has 0 saturated carbocycles. The molecule has 4 rings (SSSR count). The number of hydrogen-bond acceptors (Lipinski definition) is 3. The van der Waals surface area contributed by atoms with E-state index in [1.165, 1.54) is 5.56 Å². The number of amides is 1. The van der Waals surface area contributed by atoms with Crippen molar-refractivity contribution in [2.45, 2.75) is 27.3 Å². The van der Waals surface area contributed by atoms with Crippen LogP contribution >= 0.6 is 15.9 Å². The molecular formula is C23H21BrN4O. The molecule has 1 amide bonds. The van der Waals surface area contributed by atoms with E-state index in [1.54, 1.807) is 10.7 Å². The smallest absolute Gasteiger partial charge is 0.254 e. The minimum absolute atomic E-state index is 0.165. The Bertz CT molecular complexity index is 1230. The molecule has 0 spiro atoms. The second-order valence-corrected chi connectivity index (χ2v) is 8.05. The Morgan fingerprint density at radius 3 is 2.66 bits per heavy atom. The van der Waals surface area contributed by atoms with Gasteiger partial charge in [0.15, 0.2) is 5.65 Å². The van der Waals surface area contributed by atoms with E-state index in [1.807, 2.05) is 44.2 Å². The van der Waals surface area contributed by atoms with Gasteiger partial charge in [0.25, 0.3) is 5.91 Å². The lowest BCUT2D eigenvalue weighted by atomic mass is 10.0. The fourth-order valence-electron chi connectivity index (χ4n) is 3.49. The van der Waals surface area contributed by atoms with E-state index in [9.17, 15) is 4.79 Å². The van der Waals surface area contributed by atoms with Crippen molar-refractivity contribution in [3.8, 4) is 11.1 Å². The monoisotopic (exact) mass is 448 g/mol. The third kappa shape index (κ3) is 3.80. The Labute approximate surface area is 177 Å². The molecule has 4 aromatic rings. The van der Waals surface area contributed by atoms with Crippen molar-refractivity contribution in [1.29, 1.82) is 0 Å². The normalized spacial score (nSPS) is 11.0. The molecule has 0 saturated heterocycles. The Kier molecular flexibility index (Phi) is 5.20. The van der Waals surface area contributed by atoms with E-state index in [2.05, 4.69) is 56.5 Å². The number of carbonyl (C=O) groups is 1. The Morgan fingerprint density at radius 1 is 1.10 bits per heavy atom. The third-order valence-corrected chi connectivity index (χ3v) is 5.45. The summed E-state index contributed by atoms with van der Waals surface area (Å²) in [7, 11) is 0. The summed E-state index contributed by atoms with van der Waals surface area (Å²) in [6, 6.07) is 16.2. The third-order valence-electron chi connectivity index (χ3n) is 4.95. The lowest BCUT2D eigenvalue weighted by Crippen LogP contribution is -2.24. The number of nitrogens with zero attached hydrogens (tertiary/aromatic N) is 3. The second kappa shape index (κ2) is 7.79. The van der Waals surface area contributed by atoms with Crippen molar-refractivity contribution in [3.05, 3.63) is 87.3 Å². The number of hydrogen-bond donors (Lipinski definition) is 1. The fourth-order valence-corrected chi connectivity index (χ4v) is 3.93. The molecule has 0 atom stereocenters. The van der Waals surface area contributed by atoms with Crippen LogP contribution in [0.3, 0.4) is 0 Å². The highest BCUT2D eigenvalue weighted by molar-refractivity contribution is 9.10. The summed E-state index contributed by atoms with van der Waals surface area (Å²) in [5.41, 5.74) is 7.22. The first-order valence-electron chi connectivity index (χ1n) is 9.38. The van der Waals surface area contributed by atoms with E-state index < -0.39 is 0 Å². The Hall–Kier alpha value is -2.99. The number of benzene rings is 2. The van der Waals surface area contributed by atoms with Crippen LogP contribution in [-0.4, -0.2) is 20.5 Å². The highest BCUT2D eigenvalue weighted by atomic mass is 79.9. The molecule has 0 aliphatic carbocycles. The van der Waals surface area contributed by atoms with Gasteiger partial charge in [0.1, 0.15) is 0 Å². The SMILES string of the molecule is Cc1cccc(-c2c(C)nn3c(C)c(C(=O)NCc4cccc(Br)c4)cnc23)c1. The molecule has 0 fully saturated rings. The molecule has 1 N–H and O–H groups in total. The van der Waals surface area contributed by atoms with Crippen LogP contribution in [0.25, 0.3) is 16.8 Å². The maximum Gasteiger partial charge on any atom is 0.254 e. The van der Waals surface area contributed by atoms with Crippen molar-refractivity contribution in [3.63, 3.8) is 0 Å². The van der Waals surface area contributed by atoms with Gasteiger partial charge >= 0.3 is 0 Å². The largest absolute Gasteiger partial charge is 0.348 e. The van der Waals surface area contributed by atoms with Crippen LogP contribution in [0.4, 0.5) is 0 Å². The molecule has 2 heterocycles. The molecule has 29 heavy (non-hydrogen) atoms. The highest BCUT2D eigenvalue weighted by Gasteiger charge is 2.18. The standard InChI is InChI=1S/C23H21BrN4O/c1-14-6-4-8-18(10-14)21-15(2)27-28-16(3)20(13-25-22(21)28)23(29)26-12-17-7-5-9-19(24)11-17/h4-11,13H,12H2,1-3H3,(H,26,29). The van der Waals surface area contributed by atoms with Crippen molar-refractivity contribution in [2.24, 2.45) is 0 Å². The topological polar surface area (TPSA) is 59.3 Å². The van der Waals surface area contributed by atoms with Gasteiger partial charge in [0.2, 0.25) is 0 Å². The van der Waals surface area contributed by atoms with Crippen molar-refractivity contribution in [1.82, 2.24) is 19.9 Å². The van der Waals surface area contributed by atoms with Crippen LogP contribution < -0.4 is 5.32 Å². The average Bonchev–Trinajstić information content (AvgIpc) is 3.03. The Morgan fingerprint density at radius 2 is 1.90 bits per heavy atom. The highest BCUT2D eigenvalue weighted by Crippen LogP contribution is 2.28. The van der Waals surface area contributed by atoms with Crippen LogP contribution in [0.5, 0.6) is 0 Å². The van der Waals surface area contributed by atoms with Crippen LogP contribution in [0.1, 0.15) is 32.9 Å². The lowest BCUT2D eigenvalue weighted by Gasteiger charge is -2.09. The van der Waals surface area contributed by atoms with Gasteiger partial charge in [-0.25, -0.2) is 9.50 Å². The first-order chi connectivity index (χ1) is 13.9. The van der Waals surface area contributed by atoms with E-state index in [0.29, 0.717) is 12.1 Å². The van der Waals surface area contributed by atoms with Crippen LogP contribution in [-0.2, 0) is 6.54 Å². The predicted molar refractivity (Wildman–Crippen MR) is 118 cm³/mol. The number of aryl methyl sites for hydroxylation is 3. The van der Waals surface area contributed by atoms with Gasteiger partial charge in [-0.15, -0.1) is 0 Å². The van der Waals surface area contributed by atoms with Gasteiger partial charge in [0.05, 0.1) is 17.0 Å². The fraction of sp³-hybridized carbons (Fsp3) is 0.174. The summed E-state index contributed by atoms with van der Waals surface area (Å²) in [5.74, 6) is -0.165. The molecule has 0 radical (unpaired) electrons. The zero-order valence-corrected chi connectivity index (χ0v) is 18.1. The van der Waals surface area contributed by atoms with Gasteiger partial charge in [-0.1, -0.05) is 57.9 Å². The maximum absolute atomic E-state index is 12.8. The minimum Gasteiger partial charge on any atom is -0.348 e. The molecule has 2 aromatic heterocycles. The molecule has 0 bridgehead atoms. The number of fused-ring (bicyclic) bond motifs is 1. The minimum atomic E-state index is -0.165. The molecule has 2 aromatic carbocycles. The molecule has 6 heteroatoms. The Balaban J connectivity index is 1.67.